The fourth-order valence-corrected chi connectivity index (χ4v) is 4.26. The molecule has 2 aromatic carbocycles. The van der Waals surface area contributed by atoms with E-state index in [1.54, 1.807) is 11.3 Å². The van der Waals surface area contributed by atoms with Crippen LogP contribution in [0.5, 0.6) is 11.5 Å². The third-order valence-electron chi connectivity index (χ3n) is 3.44. The van der Waals surface area contributed by atoms with Crippen LogP contribution in [0.1, 0.15) is 13.8 Å². The van der Waals surface area contributed by atoms with E-state index in [0.29, 0.717) is 30.4 Å². The van der Waals surface area contributed by atoms with Gasteiger partial charge in [-0.1, -0.05) is 23.9 Å². The summed E-state index contributed by atoms with van der Waals surface area (Å²) in [4.78, 5) is 16.8. The van der Waals surface area contributed by atoms with E-state index in [2.05, 4.69) is 10.3 Å². The predicted octanol–water partition coefficient (Wildman–Crippen LogP) is 4.82. The van der Waals surface area contributed by atoms with Crippen molar-refractivity contribution >= 4 is 44.9 Å². The van der Waals surface area contributed by atoms with Gasteiger partial charge >= 0.3 is 0 Å². The standard InChI is InChI=1S/C19H20N2O3S2/c1-3-23-13-9-10-15-17(11-13)26-19(21-15)25-12-18(22)20-14-7-5-6-8-16(14)24-4-2/h5-11H,3-4,12H2,1-2H3,(H,20,22). The molecule has 7 heteroatoms. The number of rotatable bonds is 8. The van der Waals surface area contributed by atoms with Gasteiger partial charge < -0.3 is 14.8 Å². The molecule has 3 aromatic rings. The third-order valence-corrected chi connectivity index (χ3v) is 5.60. The summed E-state index contributed by atoms with van der Waals surface area (Å²) < 4.78 is 13.0. The summed E-state index contributed by atoms with van der Waals surface area (Å²) >= 11 is 2.99. The molecule has 5 nitrogen and oxygen atoms in total. The van der Waals surface area contributed by atoms with Crippen molar-refractivity contribution in [2.24, 2.45) is 0 Å². The Labute approximate surface area is 160 Å². The zero-order valence-electron chi connectivity index (χ0n) is 14.7. The number of amides is 1. The number of thioether (sulfide) groups is 1. The van der Waals surface area contributed by atoms with Crippen molar-refractivity contribution in [3.8, 4) is 11.5 Å². The smallest absolute Gasteiger partial charge is 0.234 e. The van der Waals surface area contributed by atoms with Crippen LogP contribution in [0.15, 0.2) is 46.8 Å². The van der Waals surface area contributed by atoms with Crippen LogP contribution in [0.3, 0.4) is 0 Å². The number of carbonyl (C=O) groups excluding carboxylic acids is 1. The van der Waals surface area contributed by atoms with Gasteiger partial charge in [0, 0.05) is 0 Å². The molecular weight excluding hydrogens is 368 g/mol. The topological polar surface area (TPSA) is 60.5 Å². The molecule has 3 rings (SSSR count). The van der Waals surface area contributed by atoms with E-state index >= 15 is 0 Å². The number of carbonyl (C=O) groups is 1. The number of nitrogens with one attached hydrogen (secondary N) is 1. The van der Waals surface area contributed by atoms with E-state index in [1.807, 2.05) is 56.3 Å². The highest BCUT2D eigenvalue weighted by Crippen LogP contribution is 2.32. The van der Waals surface area contributed by atoms with Crippen molar-refractivity contribution in [1.82, 2.24) is 4.98 Å². The summed E-state index contributed by atoms with van der Waals surface area (Å²) in [7, 11) is 0. The van der Waals surface area contributed by atoms with Gasteiger partial charge in [-0.05, 0) is 44.2 Å². The fourth-order valence-electron chi connectivity index (χ4n) is 2.37. The van der Waals surface area contributed by atoms with Crippen molar-refractivity contribution in [2.45, 2.75) is 18.2 Å². The Kier molecular flexibility index (Phi) is 6.35. The molecule has 0 fully saturated rings. The first kappa shape index (κ1) is 18.5. The minimum absolute atomic E-state index is 0.0867. The molecular formula is C19H20N2O3S2. The summed E-state index contributed by atoms with van der Waals surface area (Å²) in [6, 6.07) is 13.3. The van der Waals surface area contributed by atoms with Crippen LogP contribution in [0.2, 0.25) is 0 Å². The molecule has 136 valence electrons. The summed E-state index contributed by atoms with van der Waals surface area (Å²) in [5.74, 6) is 1.72. The third kappa shape index (κ3) is 4.68. The first-order valence-electron chi connectivity index (χ1n) is 8.37. The highest BCUT2D eigenvalue weighted by atomic mass is 32.2. The van der Waals surface area contributed by atoms with Crippen LogP contribution in [-0.4, -0.2) is 29.9 Å². The second-order valence-electron chi connectivity index (χ2n) is 5.31. The van der Waals surface area contributed by atoms with Gasteiger partial charge in [0.05, 0.1) is 34.9 Å². The quantitative estimate of drug-likeness (QED) is 0.560. The number of thiazole rings is 1. The van der Waals surface area contributed by atoms with Crippen molar-refractivity contribution < 1.29 is 14.3 Å². The van der Waals surface area contributed by atoms with E-state index < -0.39 is 0 Å². The average Bonchev–Trinajstić information content (AvgIpc) is 3.04. The highest BCUT2D eigenvalue weighted by molar-refractivity contribution is 8.01. The SMILES string of the molecule is CCOc1ccc2nc(SCC(=O)Nc3ccccc3OCC)sc2c1. The van der Waals surface area contributed by atoms with Gasteiger partial charge in [0.1, 0.15) is 11.5 Å². The molecule has 1 amide bonds. The Hall–Kier alpha value is -2.25. The number of para-hydroxylation sites is 2. The van der Waals surface area contributed by atoms with Gasteiger partial charge in [0.2, 0.25) is 5.91 Å². The van der Waals surface area contributed by atoms with Gasteiger partial charge in [-0.25, -0.2) is 4.98 Å². The van der Waals surface area contributed by atoms with E-state index in [0.717, 1.165) is 20.3 Å². The van der Waals surface area contributed by atoms with E-state index in [1.165, 1.54) is 11.8 Å². The average molecular weight is 389 g/mol. The Bertz CT molecular complexity index is 895. The van der Waals surface area contributed by atoms with Crippen LogP contribution in [-0.2, 0) is 4.79 Å². The molecule has 0 aliphatic rings. The maximum absolute atomic E-state index is 12.3. The zero-order valence-corrected chi connectivity index (χ0v) is 16.3. The molecule has 0 spiro atoms. The molecule has 0 aliphatic carbocycles. The van der Waals surface area contributed by atoms with Crippen molar-refractivity contribution in [1.29, 1.82) is 0 Å². The monoisotopic (exact) mass is 388 g/mol. The highest BCUT2D eigenvalue weighted by Gasteiger charge is 2.11. The van der Waals surface area contributed by atoms with E-state index in [4.69, 9.17) is 9.47 Å². The number of nitrogens with zero attached hydrogens (tertiary/aromatic N) is 1. The second kappa shape index (κ2) is 8.91. The van der Waals surface area contributed by atoms with Crippen LogP contribution in [0.25, 0.3) is 10.2 Å². The van der Waals surface area contributed by atoms with Crippen LogP contribution in [0, 0.1) is 0 Å². The molecule has 26 heavy (non-hydrogen) atoms. The molecule has 0 atom stereocenters. The molecule has 0 radical (unpaired) electrons. The van der Waals surface area contributed by atoms with Gasteiger partial charge in [0.15, 0.2) is 4.34 Å². The first-order valence-corrected chi connectivity index (χ1v) is 10.2. The number of hydrogen-bond donors (Lipinski definition) is 1. The van der Waals surface area contributed by atoms with Crippen molar-refractivity contribution in [3.05, 3.63) is 42.5 Å². The largest absolute Gasteiger partial charge is 0.494 e. The van der Waals surface area contributed by atoms with E-state index in [-0.39, 0.29) is 5.91 Å². The van der Waals surface area contributed by atoms with Crippen molar-refractivity contribution in [3.63, 3.8) is 0 Å². The number of hydrogen-bond acceptors (Lipinski definition) is 6. The van der Waals surface area contributed by atoms with E-state index in [9.17, 15) is 4.79 Å². The molecule has 1 heterocycles. The summed E-state index contributed by atoms with van der Waals surface area (Å²) in [5, 5.41) is 2.90. The normalized spacial score (nSPS) is 10.7. The predicted molar refractivity (Wildman–Crippen MR) is 108 cm³/mol. The van der Waals surface area contributed by atoms with Crippen LogP contribution in [0.4, 0.5) is 5.69 Å². The lowest BCUT2D eigenvalue weighted by Crippen LogP contribution is -2.14. The Morgan fingerprint density at radius 1 is 1.15 bits per heavy atom. The zero-order chi connectivity index (χ0) is 18.4. The minimum atomic E-state index is -0.0867. The van der Waals surface area contributed by atoms with Gasteiger partial charge in [-0.3, -0.25) is 4.79 Å². The number of benzene rings is 2. The molecule has 0 bridgehead atoms. The molecule has 0 saturated heterocycles. The second-order valence-corrected chi connectivity index (χ2v) is 7.56. The fraction of sp³-hybridized carbons (Fsp3) is 0.263. The van der Waals surface area contributed by atoms with Gasteiger partial charge in [0.25, 0.3) is 0 Å². The summed E-state index contributed by atoms with van der Waals surface area (Å²) in [5.41, 5.74) is 1.61. The lowest BCUT2D eigenvalue weighted by Gasteiger charge is -2.10. The lowest BCUT2D eigenvalue weighted by atomic mass is 10.3. The van der Waals surface area contributed by atoms with Gasteiger partial charge in [-0.2, -0.15) is 0 Å². The molecule has 0 unspecified atom stereocenters. The molecule has 1 aromatic heterocycles. The Balaban J connectivity index is 1.62. The first-order chi connectivity index (χ1) is 12.7. The summed E-state index contributed by atoms with van der Waals surface area (Å²) in [6.07, 6.45) is 0. The minimum Gasteiger partial charge on any atom is -0.494 e. The number of anilines is 1. The summed E-state index contributed by atoms with van der Waals surface area (Å²) in [6.45, 7) is 5.06. The number of ether oxygens (including phenoxy) is 2. The maximum Gasteiger partial charge on any atom is 0.234 e. The van der Waals surface area contributed by atoms with Crippen molar-refractivity contribution in [2.75, 3.05) is 24.3 Å². The molecule has 0 aliphatic heterocycles. The molecule has 0 saturated carbocycles. The van der Waals surface area contributed by atoms with Gasteiger partial charge in [-0.15, -0.1) is 11.3 Å². The Morgan fingerprint density at radius 2 is 1.96 bits per heavy atom. The maximum atomic E-state index is 12.3. The van der Waals surface area contributed by atoms with Crippen LogP contribution >= 0.6 is 23.1 Å². The molecule has 1 N–H and O–H groups in total. The number of fused-ring (bicyclic) bond motifs is 1. The van der Waals surface area contributed by atoms with Crippen LogP contribution < -0.4 is 14.8 Å². The number of aromatic nitrogens is 1. The Morgan fingerprint density at radius 3 is 2.77 bits per heavy atom. The lowest BCUT2D eigenvalue weighted by molar-refractivity contribution is -0.113.